The number of amides is 2. The minimum Gasteiger partial charge on any atom is -0.357 e. The van der Waals surface area contributed by atoms with Gasteiger partial charge in [0, 0.05) is 36.4 Å². The predicted octanol–water partition coefficient (Wildman–Crippen LogP) is 4.63. The van der Waals surface area contributed by atoms with Crippen LogP contribution in [0.4, 0.5) is 0 Å². The molecular formula is C28H39N2O5P. The van der Waals surface area contributed by atoms with E-state index in [1.54, 1.807) is 48.5 Å². The number of nitrogens with one attached hydrogen (secondary N) is 2. The summed E-state index contributed by atoms with van der Waals surface area (Å²) >= 11 is 0. The van der Waals surface area contributed by atoms with Crippen molar-refractivity contribution in [2.24, 2.45) is 17.3 Å². The topological polar surface area (TPSA) is 113 Å². The number of ketones is 1. The molecule has 0 fully saturated rings. The lowest BCUT2D eigenvalue weighted by atomic mass is 9.85. The Balaban J connectivity index is 2.15. The molecule has 0 aliphatic heterocycles. The lowest BCUT2D eigenvalue weighted by Gasteiger charge is -2.32. The number of rotatable bonds is 11. The molecule has 2 aromatic carbocycles. The molecule has 3 N–H and O–H groups in total. The average molecular weight is 515 g/mol. The van der Waals surface area contributed by atoms with Crippen LogP contribution >= 0.6 is 7.37 Å². The third-order valence-electron chi connectivity index (χ3n) is 5.98. The van der Waals surface area contributed by atoms with Gasteiger partial charge in [-0.15, -0.1) is 0 Å². The Hall–Kier alpha value is -2.76. The van der Waals surface area contributed by atoms with Crippen molar-refractivity contribution in [3.63, 3.8) is 0 Å². The van der Waals surface area contributed by atoms with Crippen molar-refractivity contribution >= 4 is 25.0 Å². The van der Waals surface area contributed by atoms with Gasteiger partial charge in [-0.3, -0.25) is 18.9 Å². The molecule has 7 nitrogen and oxygen atoms in total. The number of benzene rings is 2. The maximum Gasteiger partial charge on any atom is 0.242 e. The second kappa shape index (κ2) is 12.5. The van der Waals surface area contributed by atoms with Crippen LogP contribution in [0.5, 0.6) is 0 Å². The Labute approximate surface area is 214 Å². The molecule has 2 aromatic rings. The lowest BCUT2D eigenvalue weighted by Crippen LogP contribution is -2.54. The van der Waals surface area contributed by atoms with Crippen LogP contribution in [0.2, 0.25) is 0 Å². The summed E-state index contributed by atoms with van der Waals surface area (Å²) in [6.07, 6.45) is 0.130. The first-order valence-corrected chi connectivity index (χ1v) is 14.3. The number of hydrogen-bond donors (Lipinski definition) is 3. The van der Waals surface area contributed by atoms with Crippen molar-refractivity contribution in [1.29, 1.82) is 0 Å². The van der Waals surface area contributed by atoms with E-state index >= 15 is 0 Å². The van der Waals surface area contributed by atoms with Crippen molar-refractivity contribution in [2.45, 2.75) is 53.2 Å². The van der Waals surface area contributed by atoms with E-state index in [-0.39, 0.29) is 29.9 Å². The second-order valence-electron chi connectivity index (χ2n) is 10.8. The van der Waals surface area contributed by atoms with Gasteiger partial charge in [-0.1, -0.05) is 89.2 Å². The second-order valence-corrected chi connectivity index (χ2v) is 13.2. The molecule has 0 aliphatic rings. The highest BCUT2D eigenvalue weighted by molar-refractivity contribution is 7.57. The lowest BCUT2D eigenvalue weighted by molar-refractivity contribution is -0.133. The third-order valence-corrected chi connectivity index (χ3v) is 7.85. The highest BCUT2D eigenvalue weighted by Crippen LogP contribution is 2.47. The van der Waals surface area contributed by atoms with Crippen LogP contribution in [0.25, 0.3) is 0 Å². The van der Waals surface area contributed by atoms with Gasteiger partial charge in [0.15, 0.2) is 5.78 Å². The largest absolute Gasteiger partial charge is 0.357 e. The first-order valence-electron chi connectivity index (χ1n) is 12.2. The molecule has 0 spiro atoms. The van der Waals surface area contributed by atoms with Crippen LogP contribution in [0, 0.1) is 17.3 Å². The predicted molar refractivity (Wildman–Crippen MR) is 143 cm³/mol. The summed E-state index contributed by atoms with van der Waals surface area (Å²) in [7, 11) is -2.23. The molecule has 0 aliphatic carbocycles. The maximum atomic E-state index is 13.2. The van der Waals surface area contributed by atoms with Crippen LogP contribution in [0.1, 0.15) is 62.5 Å². The summed E-state index contributed by atoms with van der Waals surface area (Å²) in [4.78, 5) is 49.0. The standard InChI is InChI=1S/C28H39N2O5P/c1-19(2)16-23(26(32)30-25(27(33)29-6)28(3,4)5)18-36(34,35)17-20-12-14-22(15-13-20)24(31)21-10-8-7-9-11-21/h7-15,19,23,25H,16-18H2,1-6H3,(H,29,33)(H,30,32)(H,34,35)/t23?,25-/m0/s1. The Bertz CT molecular complexity index is 1090. The smallest absolute Gasteiger partial charge is 0.242 e. The summed E-state index contributed by atoms with van der Waals surface area (Å²) in [6.45, 7) is 9.46. The van der Waals surface area contributed by atoms with Crippen LogP contribution in [0.3, 0.4) is 0 Å². The first-order chi connectivity index (χ1) is 16.7. The molecule has 0 saturated heterocycles. The minimum absolute atomic E-state index is 0.104. The summed E-state index contributed by atoms with van der Waals surface area (Å²) in [5.74, 6) is -1.42. The SMILES string of the molecule is CNC(=O)[C@H](NC(=O)C(CC(C)C)CP(=O)(O)Cc1ccc(C(=O)c2ccccc2)cc1)C(C)(C)C. The van der Waals surface area contributed by atoms with Crippen molar-refractivity contribution in [1.82, 2.24) is 10.6 Å². The van der Waals surface area contributed by atoms with Gasteiger partial charge < -0.3 is 15.5 Å². The van der Waals surface area contributed by atoms with Crippen molar-refractivity contribution in [2.75, 3.05) is 13.2 Å². The molecule has 36 heavy (non-hydrogen) atoms. The summed E-state index contributed by atoms with van der Waals surface area (Å²) in [5, 5.41) is 5.39. The minimum atomic E-state index is -3.74. The average Bonchev–Trinajstić information content (AvgIpc) is 2.80. The van der Waals surface area contributed by atoms with E-state index in [0.717, 1.165) is 0 Å². The Morgan fingerprint density at radius 3 is 1.97 bits per heavy atom. The molecule has 2 rings (SSSR count). The van der Waals surface area contributed by atoms with Crippen LogP contribution < -0.4 is 10.6 Å². The van der Waals surface area contributed by atoms with Gasteiger partial charge in [-0.25, -0.2) is 0 Å². The monoisotopic (exact) mass is 514 g/mol. The fraction of sp³-hybridized carbons (Fsp3) is 0.464. The normalized spacial score (nSPS) is 15.0. The Morgan fingerprint density at radius 2 is 1.47 bits per heavy atom. The van der Waals surface area contributed by atoms with E-state index in [0.29, 0.717) is 23.1 Å². The summed E-state index contributed by atoms with van der Waals surface area (Å²) < 4.78 is 13.2. The van der Waals surface area contributed by atoms with Gasteiger partial charge >= 0.3 is 0 Å². The number of likely N-dealkylation sites (N-methyl/N-ethyl adjacent to an activating group) is 1. The third kappa shape index (κ3) is 8.72. The van der Waals surface area contributed by atoms with Gasteiger partial charge in [0.25, 0.3) is 0 Å². The molecule has 0 radical (unpaired) electrons. The first kappa shape index (κ1) is 29.5. The fourth-order valence-electron chi connectivity index (χ4n) is 4.13. The van der Waals surface area contributed by atoms with E-state index in [9.17, 15) is 23.8 Å². The van der Waals surface area contributed by atoms with Crippen molar-refractivity contribution in [3.05, 3.63) is 71.3 Å². The van der Waals surface area contributed by atoms with Crippen molar-refractivity contribution in [3.8, 4) is 0 Å². The number of hydrogen-bond acceptors (Lipinski definition) is 4. The molecule has 2 amide bonds. The maximum absolute atomic E-state index is 13.2. The molecule has 196 valence electrons. The van der Waals surface area contributed by atoms with Crippen molar-refractivity contribution < 1.29 is 23.8 Å². The van der Waals surface area contributed by atoms with Crippen LogP contribution in [0.15, 0.2) is 54.6 Å². The van der Waals surface area contributed by atoms with Gasteiger partial charge in [0.1, 0.15) is 6.04 Å². The van der Waals surface area contributed by atoms with Gasteiger partial charge in [-0.05, 0) is 23.3 Å². The fourth-order valence-corrected chi connectivity index (χ4v) is 6.04. The Kier molecular flexibility index (Phi) is 10.2. The van der Waals surface area contributed by atoms with E-state index in [1.807, 2.05) is 40.7 Å². The molecule has 0 aromatic heterocycles. The van der Waals surface area contributed by atoms with E-state index in [4.69, 9.17) is 0 Å². The van der Waals surface area contributed by atoms with E-state index < -0.39 is 30.7 Å². The summed E-state index contributed by atoms with van der Waals surface area (Å²) in [6, 6.07) is 14.8. The van der Waals surface area contributed by atoms with Gasteiger partial charge in [0.05, 0.1) is 0 Å². The molecule has 0 heterocycles. The molecule has 8 heteroatoms. The molecule has 0 saturated carbocycles. The van der Waals surface area contributed by atoms with E-state index in [1.165, 1.54) is 7.05 Å². The molecule has 0 bridgehead atoms. The van der Waals surface area contributed by atoms with E-state index in [2.05, 4.69) is 10.6 Å². The highest BCUT2D eigenvalue weighted by atomic mass is 31.2. The van der Waals surface area contributed by atoms with Gasteiger partial charge in [-0.2, -0.15) is 0 Å². The highest BCUT2D eigenvalue weighted by Gasteiger charge is 2.36. The molecular weight excluding hydrogens is 475 g/mol. The van der Waals surface area contributed by atoms with Crippen LogP contribution in [-0.2, 0) is 20.3 Å². The van der Waals surface area contributed by atoms with Gasteiger partial charge in [0.2, 0.25) is 19.2 Å². The number of carbonyl (C=O) groups is 3. The zero-order valence-electron chi connectivity index (χ0n) is 22.1. The quantitative estimate of drug-likeness (QED) is 0.299. The summed E-state index contributed by atoms with van der Waals surface area (Å²) in [5.41, 5.74) is 1.16. The van der Waals surface area contributed by atoms with Crippen LogP contribution in [-0.4, -0.2) is 41.7 Å². The Morgan fingerprint density at radius 1 is 0.917 bits per heavy atom. The number of carbonyl (C=O) groups excluding carboxylic acids is 3. The molecule has 2 unspecified atom stereocenters. The molecule has 3 atom stereocenters. The zero-order valence-corrected chi connectivity index (χ0v) is 23.0. The zero-order chi connectivity index (χ0) is 27.1.